The molecule has 1 aromatic carbocycles. The van der Waals surface area contributed by atoms with Gasteiger partial charge in [-0.3, -0.25) is 4.79 Å². The van der Waals surface area contributed by atoms with E-state index in [0.29, 0.717) is 24.6 Å². The number of hydrogen-bond donors (Lipinski definition) is 2. The molecule has 2 fully saturated rings. The van der Waals surface area contributed by atoms with Gasteiger partial charge in [0, 0.05) is 37.8 Å². The molecule has 1 saturated carbocycles. The van der Waals surface area contributed by atoms with Crippen LogP contribution in [0.4, 0.5) is 14.5 Å². The monoisotopic (exact) mass is 419 g/mol. The maximum Gasteiger partial charge on any atom is 0.341 e. The third-order valence-electron chi connectivity index (χ3n) is 6.30. The lowest BCUT2D eigenvalue weighted by Gasteiger charge is -2.31. The third kappa shape index (κ3) is 3.03. The van der Waals surface area contributed by atoms with Crippen molar-refractivity contribution < 1.29 is 23.4 Å². The Labute approximate surface area is 171 Å². The van der Waals surface area contributed by atoms with E-state index < -0.39 is 29.0 Å². The summed E-state index contributed by atoms with van der Waals surface area (Å²) in [6, 6.07) is 1.29. The summed E-state index contributed by atoms with van der Waals surface area (Å²) in [6.07, 6.45) is 2.41. The number of carbonyl (C=O) groups is 1. The van der Waals surface area contributed by atoms with Gasteiger partial charge in [-0.1, -0.05) is 0 Å². The molecule has 2 aromatic rings. The minimum Gasteiger partial charge on any atom is -0.487 e. The largest absolute Gasteiger partial charge is 0.487 e. The lowest BCUT2D eigenvalue weighted by molar-refractivity contribution is 0.0694. The normalized spacial score (nSPS) is 25.6. The molecule has 0 bridgehead atoms. The number of nitrogens with zero attached hydrogens (tertiary/aromatic N) is 2. The Hall–Kier alpha value is -2.68. The van der Waals surface area contributed by atoms with E-state index >= 15 is 4.39 Å². The van der Waals surface area contributed by atoms with Crippen LogP contribution in [0.3, 0.4) is 0 Å². The van der Waals surface area contributed by atoms with Crippen molar-refractivity contribution in [2.24, 2.45) is 5.92 Å². The van der Waals surface area contributed by atoms with Crippen LogP contribution in [0.5, 0.6) is 5.75 Å². The molecule has 2 aliphatic heterocycles. The van der Waals surface area contributed by atoms with Crippen molar-refractivity contribution in [3.63, 3.8) is 0 Å². The van der Waals surface area contributed by atoms with Crippen LogP contribution in [0.2, 0.25) is 0 Å². The highest BCUT2D eigenvalue weighted by molar-refractivity contribution is 5.97. The predicted molar refractivity (Wildman–Crippen MR) is 107 cm³/mol. The summed E-state index contributed by atoms with van der Waals surface area (Å²) < 4.78 is 37.4. The molecule has 0 spiro atoms. The van der Waals surface area contributed by atoms with Crippen LogP contribution in [0.15, 0.2) is 17.1 Å². The lowest BCUT2D eigenvalue weighted by atomic mass is 10.1. The van der Waals surface area contributed by atoms with Gasteiger partial charge in [-0.05, 0) is 25.8 Å². The number of ether oxygens (including phenoxy) is 1. The van der Waals surface area contributed by atoms with Crippen molar-refractivity contribution in [3.05, 3.63) is 33.9 Å². The summed E-state index contributed by atoms with van der Waals surface area (Å²) in [5.41, 5.74) is -0.669. The van der Waals surface area contributed by atoms with Gasteiger partial charge in [0.15, 0.2) is 11.6 Å². The Morgan fingerprint density at radius 3 is 2.83 bits per heavy atom. The molecule has 3 atom stereocenters. The molecule has 3 aliphatic rings. The summed E-state index contributed by atoms with van der Waals surface area (Å²) >= 11 is 0. The first-order valence-corrected chi connectivity index (χ1v) is 10.2. The van der Waals surface area contributed by atoms with E-state index in [1.165, 1.54) is 6.20 Å². The molecule has 7 nitrogen and oxygen atoms in total. The van der Waals surface area contributed by atoms with E-state index in [-0.39, 0.29) is 41.9 Å². The Morgan fingerprint density at radius 2 is 2.13 bits per heavy atom. The van der Waals surface area contributed by atoms with E-state index in [2.05, 4.69) is 5.32 Å². The standard InChI is InChI=1S/C21H23F2N3O4/c1-10-9-30-20-17-13(19(27)14(21(28)29)7-26(10)17)4-15(22)18(20)25-6-11(16(23)8-25)5-24-12-2-3-12/h4,7,10-12,16,24H,2-3,5-6,8-9H2,1H3,(H,28,29)/t10-,11-,16+/m0/s1. The fourth-order valence-corrected chi connectivity index (χ4v) is 4.47. The molecule has 5 rings (SSSR count). The zero-order valence-electron chi connectivity index (χ0n) is 16.5. The first-order chi connectivity index (χ1) is 14.3. The second-order valence-electron chi connectivity index (χ2n) is 8.54. The van der Waals surface area contributed by atoms with Gasteiger partial charge in [0.1, 0.15) is 24.0 Å². The van der Waals surface area contributed by atoms with E-state index in [0.717, 1.165) is 18.9 Å². The van der Waals surface area contributed by atoms with E-state index in [9.17, 15) is 19.1 Å². The van der Waals surface area contributed by atoms with Gasteiger partial charge < -0.3 is 24.6 Å². The molecule has 160 valence electrons. The zero-order valence-corrected chi connectivity index (χ0v) is 16.5. The van der Waals surface area contributed by atoms with Gasteiger partial charge in [0.2, 0.25) is 5.43 Å². The van der Waals surface area contributed by atoms with Crippen molar-refractivity contribution in [1.82, 2.24) is 9.88 Å². The molecule has 0 amide bonds. The molecule has 3 heterocycles. The maximum atomic E-state index is 15.2. The van der Waals surface area contributed by atoms with Crippen LogP contribution in [0, 0.1) is 11.7 Å². The average Bonchev–Trinajstić information content (AvgIpc) is 3.46. The number of aromatic nitrogens is 1. The number of carboxylic acid groups (broad SMARTS) is 1. The number of anilines is 1. The summed E-state index contributed by atoms with van der Waals surface area (Å²) in [5.74, 6) is -2.14. The maximum absolute atomic E-state index is 15.2. The minimum atomic E-state index is -1.36. The highest BCUT2D eigenvalue weighted by Crippen LogP contribution is 2.43. The van der Waals surface area contributed by atoms with Crippen molar-refractivity contribution in [1.29, 1.82) is 0 Å². The molecule has 2 N–H and O–H groups in total. The molecule has 30 heavy (non-hydrogen) atoms. The SMILES string of the molecule is C[C@H]1COc2c(N3C[C@H](CNC4CC4)[C@H](F)C3)c(F)cc3c(=O)c(C(=O)O)cn1c23. The predicted octanol–water partition coefficient (Wildman–Crippen LogP) is 2.32. The van der Waals surface area contributed by atoms with E-state index in [1.807, 2.05) is 6.92 Å². The zero-order chi connectivity index (χ0) is 21.2. The Bertz CT molecular complexity index is 1100. The van der Waals surface area contributed by atoms with Crippen LogP contribution < -0.4 is 20.4 Å². The van der Waals surface area contributed by atoms with Crippen molar-refractivity contribution in [3.8, 4) is 5.75 Å². The van der Waals surface area contributed by atoms with Gasteiger partial charge in [0.25, 0.3) is 0 Å². The summed E-state index contributed by atoms with van der Waals surface area (Å²) in [6.45, 7) is 2.95. The molecule has 0 unspecified atom stereocenters. The molecule has 9 heteroatoms. The van der Waals surface area contributed by atoms with Crippen molar-refractivity contribution in [2.75, 3.05) is 31.1 Å². The number of halogens is 2. The Balaban J connectivity index is 1.60. The smallest absolute Gasteiger partial charge is 0.341 e. The van der Waals surface area contributed by atoms with Crippen molar-refractivity contribution >= 4 is 22.6 Å². The number of rotatable bonds is 5. The lowest BCUT2D eigenvalue weighted by Crippen LogP contribution is -2.31. The molecule has 0 radical (unpaired) electrons. The number of pyridine rings is 1. The summed E-state index contributed by atoms with van der Waals surface area (Å²) in [5, 5.41) is 12.7. The molecule has 1 aromatic heterocycles. The Morgan fingerprint density at radius 1 is 1.37 bits per heavy atom. The van der Waals surface area contributed by atoms with Crippen LogP contribution >= 0.6 is 0 Å². The topological polar surface area (TPSA) is 83.8 Å². The highest BCUT2D eigenvalue weighted by Gasteiger charge is 2.38. The summed E-state index contributed by atoms with van der Waals surface area (Å²) in [7, 11) is 0. The highest BCUT2D eigenvalue weighted by atomic mass is 19.1. The average molecular weight is 419 g/mol. The van der Waals surface area contributed by atoms with Crippen LogP contribution in [0.1, 0.15) is 36.2 Å². The molecular weight excluding hydrogens is 396 g/mol. The number of alkyl halides is 1. The van der Waals surface area contributed by atoms with Gasteiger partial charge in [-0.15, -0.1) is 0 Å². The fraction of sp³-hybridized carbons (Fsp3) is 0.524. The van der Waals surface area contributed by atoms with Gasteiger partial charge >= 0.3 is 5.97 Å². The molecule has 1 saturated heterocycles. The van der Waals surface area contributed by atoms with E-state index in [1.54, 1.807) is 9.47 Å². The Kier molecular flexibility index (Phi) is 4.46. The number of aromatic carboxylic acids is 1. The van der Waals surface area contributed by atoms with Gasteiger partial charge in [-0.25, -0.2) is 13.6 Å². The number of nitrogens with one attached hydrogen (secondary N) is 1. The van der Waals surface area contributed by atoms with Crippen LogP contribution in [0.25, 0.3) is 10.9 Å². The second kappa shape index (κ2) is 6.94. The van der Waals surface area contributed by atoms with Gasteiger partial charge in [-0.2, -0.15) is 0 Å². The second-order valence-corrected chi connectivity index (χ2v) is 8.54. The quantitative estimate of drug-likeness (QED) is 0.774. The van der Waals surface area contributed by atoms with E-state index in [4.69, 9.17) is 4.74 Å². The number of hydrogen-bond acceptors (Lipinski definition) is 5. The van der Waals surface area contributed by atoms with Gasteiger partial charge in [0.05, 0.1) is 16.9 Å². The molecular formula is C21H23F2N3O4. The first kappa shape index (κ1) is 19.3. The summed E-state index contributed by atoms with van der Waals surface area (Å²) in [4.78, 5) is 25.8. The first-order valence-electron chi connectivity index (χ1n) is 10.2. The van der Waals surface area contributed by atoms with Crippen LogP contribution in [-0.4, -0.2) is 54.1 Å². The van der Waals surface area contributed by atoms with Crippen molar-refractivity contribution in [2.45, 2.75) is 38.0 Å². The third-order valence-corrected chi connectivity index (χ3v) is 6.30. The fourth-order valence-electron chi connectivity index (χ4n) is 4.47. The van der Waals surface area contributed by atoms with Crippen LogP contribution in [-0.2, 0) is 0 Å². The number of carboxylic acids is 1. The molecule has 1 aliphatic carbocycles. The minimum absolute atomic E-state index is 0.0411. The number of benzene rings is 1.